The summed E-state index contributed by atoms with van der Waals surface area (Å²) in [7, 11) is 0. The van der Waals surface area contributed by atoms with Crippen LogP contribution in [-0.2, 0) is 11.0 Å². The molecule has 23 heavy (non-hydrogen) atoms. The third-order valence-electron chi connectivity index (χ3n) is 3.93. The van der Waals surface area contributed by atoms with Gasteiger partial charge in [0.1, 0.15) is 5.03 Å². The lowest BCUT2D eigenvalue weighted by molar-refractivity contribution is -0.137. The highest BCUT2D eigenvalue weighted by molar-refractivity contribution is 8.00. The minimum Gasteiger partial charge on any atom is -0.352 e. The fourth-order valence-corrected chi connectivity index (χ4v) is 3.60. The molecule has 1 aliphatic rings. The van der Waals surface area contributed by atoms with Gasteiger partial charge in [-0.25, -0.2) is 4.98 Å². The molecule has 1 aliphatic carbocycles. The number of amides is 1. The molecule has 1 amide bonds. The first-order valence-electron chi connectivity index (χ1n) is 7.42. The van der Waals surface area contributed by atoms with Crippen molar-refractivity contribution < 1.29 is 18.0 Å². The molecule has 1 aromatic heterocycles. The summed E-state index contributed by atoms with van der Waals surface area (Å²) >= 11 is 6.86. The summed E-state index contributed by atoms with van der Waals surface area (Å²) in [6.07, 6.45) is 0.618. The Labute approximate surface area is 142 Å². The summed E-state index contributed by atoms with van der Waals surface area (Å²) < 4.78 is 37.6. The SMILES string of the molecule is C[C@H]1CCCC[C@@H]1NC(=O)CSc1ncc(C(F)(F)F)cc1Cl. The van der Waals surface area contributed by atoms with Crippen LogP contribution in [0.1, 0.15) is 38.2 Å². The number of rotatable bonds is 4. The number of hydrogen-bond acceptors (Lipinski definition) is 3. The molecule has 0 radical (unpaired) electrons. The molecular formula is C15H18ClF3N2OS. The van der Waals surface area contributed by atoms with E-state index in [9.17, 15) is 18.0 Å². The number of carbonyl (C=O) groups is 1. The molecule has 0 aliphatic heterocycles. The van der Waals surface area contributed by atoms with Gasteiger partial charge in [0.05, 0.1) is 16.3 Å². The number of thioether (sulfide) groups is 1. The molecule has 1 fully saturated rings. The molecule has 2 atom stereocenters. The number of hydrogen-bond donors (Lipinski definition) is 1. The van der Waals surface area contributed by atoms with E-state index in [1.165, 1.54) is 6.42 Å². The Morgan fingerprint density at radius 2 is 2.13 bits per heavy atom. The summed E-state index contributed by atoms with van der Waals surface area (Å²) in [5.41, 5.74) is -0.896. The lowest BCUT2D eigenvalue weighted by Crippen LogP contribution is -2.41. The average Bonchev–Trinajstić information content (AvgIpc) is 2.47. The first-order chi connectivity index (χ1) is 10.8. The fraction of sp³-hybridized carbons (Fsp3) is 0.600. The van der Waals surface area contributed by atoms with Crippen LogP contribution in [0.2, 0.25) is 5.02 Å². The number of alkyl halides is 3. The van der Waals surface area contributed by atoms with Crippen molar-refractivity contribution in [1.29, 1.82) is 0 Å². The number of pyridine rings is 1. The Morgan fingerprint density at radius 3 is 2.74 bits per heavy atom. The van der Waals surface area contributed by atoms with Crippen LogP contribution < -0.4 is 5.32 Å². The van der Waals surface area contributed by atoms with Gasteiger partial charge in [-0.2, -0.15) is 13.2 Å². The Balaban J connectivity index is 1.89. The molecule has 1 N–H and O–H groups in total. The van der Waals surface area contributed by atoms with Crippen molar-refractivity contribution in [3.63, 3.8) is 0 Å². The summed E-state index contributed by atoms with van der Waals surface area (Å²) in [6.45, 7) is 2.12. The van der Waals surface area contributed by atoms with Gasteiger partial charge in [0, 0.05) is 12.2 Å². The smallest absolute Gasteiger partial charge is 0.352 e. The van der Waals surface area contributed by atoms with Crippen LogP contribution >= 0.6 is 23.4 Å². The second-order valence-corrected chi connectivity index (χ2v) is 7.10. The molecule has 3 nitrogen and oxygen atoms in total. The zero-order valence-electron chi connectivity index (χ0n) is 12.6. The summed E-state index contributed by atoms with van der Waals surface area (Å²) in [5.74, 6) is 0.387. The molecule has 1 saturated carbocycles. The van der Waals surface area contributed by atoms with Gasteiger partial charge in [0.25, 0.3) is 0 Å². The Bertz CT molecular complexity index is 568. The van der Waals surface area contributed by atoms with E-state index >= 15 is 0 Å². The molecule has 1 aromatic rings. The van der Waals surface area contributed by atoms with E-state index in [-0.39, 0.29) is 27.8 Å². The normalized spacial score (nSPS) is 22.0. The largest absolute Gasteiger partial charge is 0.417 e. The van der Waals surface area contributed by atoms with Gasteiger partial charge in [-0.15, -0.1) is 0 Å². The van der Waals surface area contributed by atoms with Crippen molar-refractivity contribution in [2.24, 2.45) is 5.92 Å². The van der Waals surface area contributed by atoms with E-state index < -0.39 is 11.7 Å². The lowest BCUT2D eigenvalue weighted by Gasteiger charge is -2.29. The Hall–Kier alpha value is -0.950. The van der Waals surface area contributed by atoms with Crippen molar-refractivity contribution in [2.45, 2.75) is 49.9 Å². The Kier molecular flexibility index (Phi) is 6.19. The van der Waals surface area contributed by atoms with Gasteiger partial charge in [-0.1, -0.05) is 43.1 Å². The van der Waals surface area contributed by atoms with Gasteiger partial charge in [-0.05, 0) is 24.8 Å². The molecule has 0 aromatic carbocycles. The van der Waals surface area contributed by atoms with Crippen LogP contribution in [0.25, 0.3) is 0 Å². The molecule has 8 heteroatoms. The highest BCUT2D eigenvalue weighted by atomic mass is 35.5. The predicted octanol–water partition coefficient (Wildman–Crippen LogP) is 4.54. The van der Waals surface area contributed by atoms with Crippen molar-refractivity contribution in [1.82, 2.24) is 10.3 Å². The molecule has 1 heterocycles. The van der Waals surface area contributed by atoms with E-state index in [4.69, 9.17) is 11.6 Å². The second kappa shape index (κ2) is 7.75. The van der Waals surface area contributed by atoms with Gasteiger partial charge in [-0.3, -0.25) is 4.79 Å². The molecule has 0 unspecified atom stereocenters. The summed E-state index contributed by atoms with van der Waals surface area (Å²) in [4.78, 5) is 15.7. The maximum absolute atomic E-state index is 12.5. The Morgan fingerprint density at radius 1 is 1.43 bits per heavy atom. The standard InChI is InChI=1S/C15H18ClF3N2OS/c1-9-4-2-3-5-12(9)21-13(22)8-23-14-11(16)6-10(7-20-14)15(17,18)19/h6-7,9,12H,2-5,8H2,1H3,(H,21,22)/t9-,12-/m0/s1. The quantitative estimate of drug-likeness (QED) is 0.795. The number of nitrogens with one attached hydrogen (secondary N) is 1. The van der Waals surface area contributed by atoms with Crippen LogP contribution in [0.5, 0.6) is 0 Å². The van der Waals surface area contributed by atoms with Gasteiger partial charge < -0.3 is 5.32 Å². The van der Waals surface area contributed by atoms with Crippen LogP contribution in [-0.4, -0.2) is 22.7 Å². The number of aromatic nitrogens is 1. The van der Waals surface area contributed by atoms with Gasteiger partial charge in [0.2, 0.25) is 5.91 Å². The highest BCUT2D eigenvalue weighted by Gasteiger charge is 2.31. The van der Waals surface area contributed by atoms with Crippen LogP contribution in [0.3, 0.4) is 0 Å². The predicted molar refractivity (Wildman–Crippen MR) is 84.5 cm³/mol. The minimum atomic E-state index is -4.48. The van der Waals surface area contributed by atoms with E-state index in [0.29, 0.717) is 5.92 Å². The molecule has 128 valence electrons. The van der Waals surface area contributed by atoms with Crippen molar-refractivity contribution in [2.75, 3.05) is 5.75 Å². The molecule has 0 bridgehead atoms. The van der Waals surface area contributed by atoms with Gasteiger partial charge in [0.15, 0.2) is 0 Å². The zero-order valence-corrected chi connectivity index (χ0v) is 14.2. The monoisotopic (exact) mass is 366 g/mol. The lowest BCUT2D eigenvalue weighted by atomic mass is 9.86. The van der Waals surface area contributed by atoms with Crippen LogP contribution in [0, 0.1) is 5.92 Å². The average molecular weight is 367 g/mol. The second-order valence-electron chi connectivity index (χ2n) is 5.73. The molecule has 0 saturated heterocycles. The van der Waals surface area contributed by atoms with E-state index in [1.54, 1.807) is 0 Å². The maximum atomic E-state index is 12.5. The van der Waals surface area contributed by atoms with Gasteiger partial charge >= 0.3 is 6.18 Å². The van der Waals surface area contributed by atoms with Crippen molar-refractivity contribution in [3.8, 4) is 0 Å². The fourth-order valence-electron chi connectivity index (χ4n) is 2.60. The highest BCUT2D eigenvalue weighted by Crippen LogP contribution is 2.33. The van der Waals surface area contributed by atoms with Crippen LogP contribution in [0.4, 0.5) is 13.2 Å². The van der Waals surface area contributed by atoms with Crippen molar-refractivity contribution >= 4 is 29.3 Å². The zero-order chi connectivity index (χ0) is 17.0. The third-order valence-corrected chi connectivity index (χ3v) is 5.34. The van der Waals surface area contributed by atoms with Crippen LogP contribution in [0.15, 0.2) is 17.3 Å². The van der Waals surface area contributed by atoms with Crippen molar-refractivity contribution in [3.05, 3.63) is 22.8 Å². The third kappa shape index (κ3) is 5.28. The van der Waals surface area contributed by atoms with E-state index in [0.717, 1.165) is 43.3 Å². The van der Waals surface area contributed by atoms with E-state index in [2.05, 4.69) is 17.2 Å². The minimum absolute atomic E-state index is 0.0846. The number of halogens is 4. The molecule has 0 spiro atoms. The maximum Gasteiger partial charge on any atom is 0.417 e. The topological polar surface area (TPSA) is 42.0 Å². The number of nitrogens with zero attached hydrogens (tertiary/aromatic N) is 1. The molecule has 2 rings (SSSR count). The molecular weight excluding hydrogens is 349 g/mol. The summed E-state index contributed by atoms with van der Waals surface area (Å²) in [6, 6.07) is 1.01. The summed E-state index contributed by atoms with van der Waals surface area (Å²) in [5, 5.41) is 3.12. The van der Waals surface area contributed by atoms with E-state index in [1.807, 2.05) is 0 Å². The first-order valence-corrected chi connectivity index (χ1v) is 8.78. The first kappa shape index (κ1) is 18.4. The number of carbonyl (C=O) groups excluding carboxylic acids is 1.